The van der Waals surface area contributed by atoms with Crippen LogP contribution < -0.4 is 0 Å². The van der Waals surface area contributed by atoms with E-state index in [0.29, 0.717) is 0 Å². The quantitative estimate of drug-likeness (QED) is 0.582. The number of likely N-dealkylation sites (tertiary alicyclic amines) is 1. The highest BCUT2D eigenvalue weighted by Crippen LogP contribution is 2.14. The second-order valence-electron chi connectivity index (χ2n) is 3.81. The number of allylic oxidation sites excluding steroid dienone is 1. The maximum absolute atomic E-state index is 3.76. The molecule has 1 aliphatic heterocycles. The SMILES string of the molecule is C=CCCC(C)N1CCCCC1. The lowest BCUT2D eigenvalue weighted by Gasteiger charge is -2.32. The summed E-state index contributed by atoms with van der Waals surface area (Å²) in [5.41, 5.74) is 0. The van der Waals surface area contributed by atoms with E-state index in [-0.39, 0.29) is 0 Å². The molecule has 0 spiro atoms. The largest absolute Gasteiger partial charge is 0.301 e. The molecule has 0 amide bonds. The number of nitrogens with zero attached hydrogens (tertiary/aromatic N) is 1. The molecule has 1 rings (SSSR count). The summed E-state index contributed by atoms with van der Waals surface area (Å²) in [4.78, 5) is 2.62. The Labute approximate surface area is 76.5 Å². The summed E-state index contributed by atoms with van der Waals surface area (Å²) in [6, 6.07) is 0.767. The van der Waals surface area contributed by atoms with E-state index in [1.54, 1.807) is 0 Å². The van der Waals surface area contributed by atoms with Gasteiger partial charge in [0.05, 0.1) is 0 Å². The number of piperidine rings is 1. The van der Waals surface area contributed by atoms with E-state index in [0.717, 1.165) is 12.5 Å². The molecule has 1 nitrogen and oxygen atoms in total. The zero-order valence-electron chi connectivity index (χ0n) is 8.26. The number of rotatable bonds is 4. The van der Waals surface area contributed by atoms with Gasteiger partial charge in [-0.15, -0.1) is 6.58 Å². The molecule has 0 bridgehead atoms. The molecule has 1 fully saturated rings. The zero-order chi connectivity index (χ0) is 8.81. The Hall–Kier alpha value is -0.300. The fourth-order valence-electron chi connectivity index (χ4n) is 1.90. The van der Waals surface area contributed by atoms with Crippen molar-refractivity contribution in [2.45, 2.75) is 45.1 Å². The van der Waals surface area contributed by atoms with E-state index < -0.39 is 0 Å². The Morgan fingerprint density at radius 3 is 2.58 bits per heavy atom. The lowest BCUT2D eigenvalue weighted by molar-refractivity contribution is 0.167. The first-order valence-electron chi connectivity index (χ1n) is 5.19. The standard InChI is InChI=1S/C11H21N/c1-3-4-8-11(2)12-9-6-5-7-10-12/h3,11H,1,4-10H2,2H3. The van der Waals surface area contributed by atoms with Gasteiger partial charge in [-0.2, -0.15) is 0 Å². The summed E-state index contributed by atoms with van der Waals surface area (Å²) < 4.78 is 0. The van der Waals surface area contributed by atoms with E-state index in [9.17, 15) is 0 Å². The fourth-order valence-corrected chi connectivity index (χ4v) is 1.90. The van der Waals surface area contributed by atoms with Crippen LogP contribution in [0.25, 0.3) is 0 Å². The minimum absolute atomic E-state index is 0.767. The highest BCUT2D eigenvalue weighted by Gasteiger charge is 2.15. The van der Waals surface area contributed by atoms with Crippen LogP contribution in [0.3, 0.4) is 0 Å². The Morgan fingerprint density at radius 1 is 1.33 bits per heavy atom. The smallest absolute Gasteiger partial charge is 0.00698 e. The molecular weight excluding hydrogens is 146 g/mol. The van der Waals surface area contributed by atoms with Gasteiger partial charge in [-0.25, -0.2) is 0 Å². The van der Waals surface area contributed by atoms with Crippen molar-refractivity contribution in [1.82, 2.24) is 4.90 Å². The molecule has 0 aliphatic carbocycles. The van der Waals surface area contributed by atoms with Crippen LogP contribution in [-0.4, -0.2) is 24.0 Å². The minimum atomic E-state index is 0.767. The van der Waals surface area contributed by atoms with Crippen LogP contribution in [-0.2, 0) is 0 Å². The van der Waals surface area contributed by atoms with Crippen molar-refractivity contribution in [2.75, 3.05) is 13.1 Å². The van der Waals surface area contributed by atoms with Gasteiger partial charge in [0.1, 0.15) is 0 Å². The highest BCUT2D eigenvalue weighted by atomic mass is 15.1. The summed E-state index contributed by atoms with van der Waals surface area (Å²) in [5.74, 6) is 0. The third-order valence-corrected chi connectivity index (χ3v) is 2.80. The van der Waals surface area contributed by atoms with Crippen LogP contribution in [0.2, 0.25) is 0 Å². The molecule has 1 unspecified atom stereocenters. The van der Waals surface area contributed by atoms with Crippen molar-refractivity contribution < 1.29 is 0 Å². The Balaban J connectivity index is 2.19. The van der Waals surface area contributed by atoms with Gasteiger partial charge in [-0.05, 0) is 45.7 Å². The highest BCUT2D eigenvalue weighted by molar-refractivity contribution is 4.75. The molecule has 12 heavy (non-hydrogen) atoms. The molecule has 1 atom stereocenters. The first kappa shape index (κ1) is 9.79. The maximum atomic E-state index is 3.76. The molecule has 1 saturated heterocycles. The molecule has 0 radical (unpaired) electrons. The molecular formula is C11H21N. The second-order valence-corrected chi connectivity index (χ2v) is 3.81. The summed E-state index contributed by atoms with van der Waals surface area (Å²) in [7, 11) is 0. The molecule has 0 N–H and O–H groups in total. The Bertz CT molecular complexity index is 125. The normalized spacial score (nSPS) is 22.1. The summed E-state index contributed by atoms with van der Waals surface area (Å²) >= 11 is 0. The van der Waals surface area contributed by atoms with Gasteiger partial charge in [0, 0.05) is 6.04 Å². The van der Waals surface area contributed by atoms with Gasteiger partial charge in [0.25, 0.3) is 0 Å². The first-order valence-corrected chi connectivity index (χ1v) is 5.19. The van der Waals surface area contributed by atoms with E-state index in [1.807, 2.05) is 6.08 Å². The summed E-state index contributed by atoms with van der Waals surface area (Å²) in [6.07, 6.45) is 8.71. The van der Waals surface area contributed by atoms with Gasteiger partial charge in [0.2, 0.25) is 0 Å². The second kappa shape index (κ2) is 5.36. The molecule has 0 aromatic rings. The van der Waals surface area contributed by atoms with Gasteiger partial charge in [-0.3, -0.25) is 0 Å². The third-order valence-electron chi connectivity index (χ3n) is 2.80. The molecule has 0 saturated carbocycles. The van der Waals surface area contributed by atoms with Crippen molar-refractivity contribution in [3.63, 3.8) is 0 Å². The molecule has 0 aromatic carbocycles. The van der Waals surface area contributed by atoms with Crippen LogP contribution in [0.5, 0.6) is 0 Å². The van der Waals surface area contributed by atoms with Gasteiger partial charge < -0.3 is 4.90 Å². The van der Waals surface area contributed by atoms with Crippen LogP contribution in [0.4, 0.5) is 0 Å². The Kier molecular flexibility index (Phi) is 4.37. The average Bonchev–Trinajstić information content (AvgIpc) is 2.15. The minimum Gasteiger partial charge on any atom is -0.301 e. The lowest BCUT2D eigenvalue weighted by atomic mass is 10.1. The third kappa shape index (κ3) is 2.98. The lowest BCUT2D eigenvalue weighted by Crippen LogP contribution is -2.37. The number of hydrogen-bond donors (Lipinski definition) is 0. The molecule has 1 aliphatic rings. The van der Waals surface area contributed by atoms with Crippen LogP contribution >= 0.6 is 0 Å². The van der Waals surface area contributed by atoms with Crippen molar-refractivity contribution >= 4 is 0 Å². The van der Waals surface area contributed by atoms with Crippen molar-refractivity contribution in [3.8, 4) is 0 Å². The van der Waals surface area contributed by atoms with Crippen LogP contribution in [0.15, 0.2) is 12.7 Å². The average molecular weight is 167 g/mol. The molecule has 0 aromatic heterocycles. The number of hydrogen-bond acceptors (Lipinski definition) is 1. The van der Waals surface area contributed by atoms with E-state index in [2.05, 4.69) is 18.4 Å². The van der Waals surface area contributed by atoms with Crippen molar-refractivity contribution in [3.05, 3.63) is 12.7 Å². The summed E-state index contributed by atoms with van der Waals surface area (Å²) in [5, 5.41) is 0. The van der Waals surface area contributed by atoms with Gasteiger partial charge in [0.15, 0.2) is 0 Å². The Morgan fingerprint density at radius 2 is 2.00 bits per heavy atom. The predicted molar refractivity (Wildman–Crippen MR) is 54.3 cm³/mol. The van der Waals surface area contributed by atoms with Crippen molar-refractivity contribution in [2.24, 2.45) is 0 Å². The van der Waals surface area contributed by atoms with E-state index in [4.69, 9.17) is 0 Å². The van der Waals surface area contributed by atoms with E-state index in [1.165, 1.54) is 38.8 Å². The maximum Gasteiger partial charge on any atom is 0.00698 e. The van der Waals surface area contributed by atoms with Crippen LogP contribution in [0.1, 0.15) is 39.0 Å². The van der Waals surface area contributed by atoms with Gasteiger partial charge >= 0.3 is 0 Å². The summed E-state index contributed by atoms with van der Waals surface area (Å²) in [6.45, 7) is 8.74. The molecule has 70 valence electrons. The zero-order valence-corrected chi connectivity index (χ0v) is 8.26. The van der Waals surface area contributed by atoms with Crippen molar-refractivity contribution in [1.29, 1.82) is 0 Å². The molecule has 1 heterocycles. The fraction of sp³-hybridized carbons (Fsp3) is 0.818. The first-order chi connectivity index (χ1) is 5.84. The topological polar surface area (TPSA) is 3.24 Å². The predicted octanol–water partition coefficient (Wildman–Crippen LogP) is 2.83. The molecule has 1 heteroatoms. The van der Waals surface area contributed by atoms with Gasteiger partial charge in [-0.1, -0.05) is 12.5 Å². The van der Waals surface area contributed by atoms with E-state index >= 15 is 0 Å². The monoisotopic (exact) mass is 167 g/mol. The van der Waals surface area contributed by atoms with Crippen LogP contribution in [0, 0.1) is 0 Å².